The fraction of sp³-hybridized carbons (Fsp3) is 1.00. The number of nitrogens with one attached hydrogen (secondary N) is 1. The molecule has 0 amide bonds. The van der Waals surface area contributed by atoms with Gasteiger partial charge in [0.05, 0.1) is 0 Å². The first-order valence-corrected chi connectivity index (χ1v) is 6.20. The Kier molecular flexibility index (Phi) is 3.13. The number of nitrogens with zero attached hydrogens (tertiary/aromatic N) is 1. The monoisotopic (exact) mass is 196 g/mol. The smallest absolute Gasteiger partial charge is 0.0173 e. The van der Waals surface area contributed by atoms with Gasteiger partial charge in [0, 0.05) is 12.1 Å². The van der Waals surface area contributed by atoms with Gasteiger partial charge in [-0.1, -0.05) is 20.8 Å². The van der Waals surface area contributed by atoms with Gasteiger partial charge in [0.15, 0.2) is 0 Å². The maximum Gasteiger partial charge on any atom is 0.0173 e. The number of piperidine rings is 1. The predicted molar refractivity (Wildman–Crippen MR) is 60.4 cm³/mol. The Labute approximate surface area is 88.1 Å². The molecule has 1 saturated heterocycles. The van der Waals surface area contributed by atoms with Gasteiger partial charge in [-0.2, -0.15) is 0 Å². The summed E-state index contributed by atoms with van der Waals surface area (Å²) in [5, 5.41) is 3.53. The van der Waals surface area contributed by atoms with Crippen LogP contribution in [0, 0.1) is 11.8 Å². The minimum atomic E-state index is 0.819. The molecule has 1 aliphatic heterocycles. The summed E-state index contributed by atoms with van der Waals surface area (Å²) in [6.07, 6.45) is 2.88. The Balaban J connectivity index is 2.03. The molecular weight excluding hydrogens is 172 g/mol. The summed E-state index contributed by atoms with van der Waals surface area (Å²) < 4.78 is 0. The molecule has 2 rings (SSSR count). The van der Waals surface area contributed by atoms with Crippen LogP contribution >= 0.6 is 0 Å². The third-order valence-electron chi connectivity index (χ3n) is 3.86. The van der Waals surface area contributed by atoms with E-state index in [1.54, 1.807) is 0 Å². The van der Waals surface area contributed by atoms with Crippen molar-refractivity contribution in [1.29, 1.82) is 0 Å². The second-order valence-electron chi connectivity index (χ2n) is 5.17. The standard InChI is InChI=1S/C12H24N2/c1-4-14(11-5-6-11)12-9(2)7-13-8-10(12)3/h9-13H,4-8H2,1-3H3. The third-order valence-corrected chi connectivity index (χ3v) is 3.86. The van der Waals surface area contributed by atoms with Gasteiger partial charge in [0.25, 0.3) is 0 Å². The van der Waals surface area contributed by atoms with Gasteiger partial charge >= 0.3 is 0 Å². The summed E-state index contributed by atoms with van der Waals surface area (Å²) in [5.41, 5.74) is 0. The first-order chi connectivity index (χ1) is 6.74. The summed E-state index contributed by atoms with van der Waals surface area (Å²) in [4.78, 5) is 2.76. The van der Waals surface area contributed by atoms with Crippen molar-refractivity contribution < 1.29 is 0 Å². The number of hydrogen-bond acceptors (Lipinski definition) is 2. The molecule has 2 atom stereocenters. The Morgan fingerprint density at radius 3 is 2.14 bits per heavy atom. The predicted octanol–water partition coefficient (Wildman–Crippen LogP) is 1.71. The summed E-state index contributed by atoms with van der Waals surface area (Å²) >= 11 is 0. The second-order valence-corrected chi connectivity index (χ2v) is 5.17. The fourth-order valence-electron chi connectivity index (χ4n) is 3.11. The normalized spacial score (nSPS) is 39.0. The zero-order chi connectivity index (χ0) is 10.1. The highest BCUT2D eigenvalue weighted by Crippen LogP contribution is 2.33. The summed E-state index contributed by atoms with van der Waals surface area (Å²) in [7, 11) is 0. The Bertz CT molecular complexity index is 179. The lowest BCUT2D eigenvalue weighted by Crippen LogP contribution is -2.54. The van der Waals surface area contributed by atoms with Crippen LogP contribution in [0.1, 0.15) is 33.6 Å². The molecule has 0 spiro atoms. The molecule has 1 aliphatic carbocycles. The van der Waals surface area contributed by atoms with Gasteiger partial charge in [-0.15, -0.1) is 0 Å². The molecule has 14 heavy (non-hydrogen) atoms. The van der Waals surface area contributed by atoms with Crippen LogP contribution in [0.4, 0.5) is 0 Å². The molecule has 0 aromatic rings. The topological polar surface area (TPSA) is 15.3 Å². The van der Waals surface area contributed by atoms with Crippen LogP contribution in [0.15, 0.2) is 0 Å². The minimum Gasteiger partial charge on any atom is -0.316 e. The maximum atomic E-state index is 3.53. The zero-order valence-electron chi connectivity index (χ0n) is 9.79. The third kappa shape index (κ3) is 1.96. The Hall–Kier alpha value is -0.0800. The summed E-state index contributed by atoms with van der Waals surface area (Å²) in [6, 6.07) is 1.75. The maximum absolute atomic E-state index is 3.53. The molecular formula is C12H24N2. The highest BCUT2D eigenvalue weighted by molar-refractivity contribution is 4.94. The van der Waals surface area contributed by atoms with Crippen molar-refractivity contribution in [2.45, 2.75) is 45.7 Å². The van der Waals surface area contributed by atoms with Gasteiger partial charge < -0.3 is 5.32 Å². The largest absolute Gasteiger partial charge is 0.316 e. The average Bonchev–Trinajstić information content (AvgIpc) is 2.95. The van der Waals surface area contributed by atoms with Crippen molar-refractivity contribution in [2.75, 3.05) is 19.6 Å². The van der Waals surface area contributed by atoms with Crippen molar-refractivity contribution in [3.63, 3.8) is 0 Å². The zero-order valence-corrected chi connectivity index (χ0v) is 9.79. The van der Waals surface area contributed by atoms with Gasteiger partial charge in [-0.05, 0) is 44.3 Å². The molecule has 2 heteroatoms. The van der Waals surface area contributed by atoms with Crippen LogP contribution in [0.2, 0.25) is 0 Å². The van der Waals surface area contributed by atoms with E-state index >= 15 is 0 Å². The van der Waals surface area contributed by atoms with E-state index in [1.807, 2.05) is 0 Å². The van der Waals surface area contributed by atoms with E-state index in [9.17, 15) is 0 Å². The lowest BCUT2D eigenvalue weighted by atomic mass is 9.85. The van der Waals surface area contributed by atoms with Gasteiger partial charge in [0.2, 0.25) is 0 Å². The second kappa shape index (κ2) is 4.19. The molecule has 2 nitrogen and oxygen atoms in total. The van der Waals surface area contributed by atoms with E-state index in [4.69, 9.17) is 0 Å². The van der Waals surface area contributed by atoms with Crippen molar-refractivity contribution in [3.8, 4) is 0 Å². The molecule has 1 saturated carbocycles. The lowest BCUT2D eigenvalue weighted by molar-refractivity contribution is 0.0767. The number of rotatable bonds is 3. The van der Waals surface area contributed by atoms with E-state index < -0.39 is 0 Å². The van der Waals surface area contributed by atoms with Gasteiger partial charge in [0.1, 0.15) is 0 Å². The lowest BCUT2D eigenvalue weighted by Gasteiger charge is -2.43. The highest BCUT2D eigenvalue weighted by Gasteiger charge is 2.38. The molecule has 0 bridgehead atoms. The van der Waals surface area contributed by atoms with Crippen LogP contribution in [0.25, 0.3) is 0 Å². The Morgan fingerprint density at radius 1 is 1.14 bits per heavy atom. The summed E-state index contributed by atoms with van der Waals surface area (Å²) in [6.45, 7) is 10.8. The van der Waals surface area contributed by atoms with Crippen molar-refractivity contribution in [3.05, 3.63) is 0 Å². The number of hydrogen-bond donors (Lipinski definition) is 1. The molecule has 0 aromatic carbocycles. The first kappa shape index (κ1) is 10.4. The summed E-state index contributed by atoms with van der Waals surface area (Å²) in [5.74, 6) is 1.64. The van der Waals surface area contributed by atoms with Crippen molar-refractivity contribution in [1.82, 2.24) is 10.2 Å². The molecule has 0 aromatic heterocycles. The molecule has 2 unspecified atom stereocenters. The first-order valence-electron chi connectivity index (χ1n) is 6.20. The molecule has 0 radical (unpaired) electrons. The van der Waals surface area contributed by atoms with E-state index in [-0.39, 0.29) is 0 Å². The highest BCUT2D eigenvalue weighted by atomic mass is 15.2. The fourth-order valence-corrected chi connectivity index (χ4v) is 3.11. The quantitative estimate of drug-likeness (QED) is 0.739. The van der Waals surface area contributed by atoms with Crippen molar-refractivity contribution in [2.24, 2.45) is 11.8 Å². The Morgan fingerprint density at radius 2 is 1.71 bits per heavy atom. The molecule has 2 aliphatic rings. The van der Waals surface area contributed by atoms with Crippen LogP contribution < -0.4 is 5.32 Å². The van der Waals surface area contributed by atoms with Crippen LogP contribution in [0.3, 0.4) is 0 Å². The van der Waals surface area contributed by atoms with E-state index in [0.29, 0.717) is 0 Å². The SMILES string of the molecule is CCN(C1CC1)C1C(C)CNCC1C. The van der Waals surface area contributed by atoms with Crippen LogP contribution in [-0.4, -0.2) is 36.6 Å². The van der Waals surface area contributed by atoms with E-state index in [2.05, 4.69) is 31.0 Å². The molecule has 82 valence electrons. The van der Waals surface area contributed by atoms with Crippen LogP contribution in [-0.2, 0) is 0 Å². The molecule has 1 heterocycles. The minimum absolute atomic E-state index is 0.819. The molecule has 1 N–H and O–H groups in total. The van der Waals surface area contributed by atoms with Gasteiger partial charge in [-0.25, -0.2) is 0 Å². The average molecular weight is 196 g/mol. The van der Waals surface area contributed by atoms with E-state index in [0.717, 1.165) is 23.9 Å². The van der Waals surface area contributed by atoms with Crippen molar-refractivity contribution >= 4 is 0 Å². The molecule has 2 fully saturated rings. The van der Waals surface area contributed by atoms with Gasteiger partial charge in [-0.3, -0.25) is 4.90 Å². The van der Waals surface area contributed by atoms with Crippen LogP contribution in [0.5, 0.6) is 0 Å². The van der Waals surface area contributed by atoms with E-state index in [1.165, 1.54) is 32.5 Å².